The zero-order valence-corrected chi connectivity index (χ0v) is 24.1. The smallest absolute Gasteiger partial charge is 0.415 e. The van der Waals surface area contributed by atoms with Crippen molar-refractivity contribution in [2.75, 3.05) is 13.2 Å². The predicted molar refractivity (Wildman–Crippen MR) is 158 cm³/mol. The van der Waals surface area contributed by atoms with Crippen LogP contribution in [0.4, 0.5) is 8.78 Å². The Morgan fingerprint density at radius 1 is 0.721 bits per heavy atom. The van der Waals surface area contributed by atoms with Crippen molar-refractivity contribution in [1.82, 2.24) is 0 Å². The molecule has 0 atom stereocenters. The molecule has 5 rings (SSSR count). The molecule has 11 heteroatoms. The number of esters is 1. The highest BCUT2D eigenvalue weighted by molar-refractivity contribution is 7.97. The molecule has 7 nitrogen and oxygen atoms in total. The lowest BCUT2D eigenvalue weighted by molar-refractivity contribution is -0.777. The first kappa shape index (κ1) is 31.8. The van der Waals surface area contributed by atoms with Crippen molar-refractivity contribution in [3.63, 3.8) is 0 Å². The normalized spacial score (nSPS) is 11.1. The maximum absolute atomic E-state index is 13.1. The number of aromatic hydroxyl groups is 1. The highest BCUT2D eigenvalue weighted by Crippen LogP contribution is 2.33. The molecule has 0 aliphatic heterocycles. The molecule has 5 aromatic rings. The van der Waals surface area contributed by atoms with Crippen LogP contribution < -0.4 is 9.99 Å². The summed E-state index contributed by atoms with van der Waals surface area (Å²) in [7, 11) is -0.0146. The van der Waals surface area contributed by atoms with Gasteiger partial charge in [0.2, 0.25) is 0 Å². The van der Waals surface area contributed by atoms with E-state index in [1.54, 1.807) is 30.3 Å². The highest BCUT2D eigenvalue weighted by Gasteiger charge is 2.43. The van der Waals surface area contributed by atoms with E-state index in [1.165, 1.54) is 20.8 Å². The van der Waals surface area contributed by atoms with Gasteiger partial charge in [-0.25, -0.2) is 4.79 Å². The van der Waals surface area contributed by atoms with Gasteiger partial charge in [0.1, 0.15) is 36.8 Å². The molecule has 0 aliphatic carbocycles. The third-order valence-corrected chi connectivity index (χ3v) is 8.50. The summed E-state index contributed by atoms with van der Waals surface area (Å²) >= 11 is -0.766. The van der Waals surface area contributed by atoms with Crippen LogP contribution in [-0.2, 0) is 29.8 Å². The largest absolute Gasteiger partial charge is 0.691 e. The topological polar surface area (TPSA) is 97.3 Å². The van der Waals surface area contributed by atoms with E-state index in [4.69, 9.17) is 4.74 Å². The van der Waals surface area contributed by atoms with Crippen LogP contribution in [0.25, 0.3) is 10.8 Å². The number of carbonyl (C=O) groups is 1. The van der Waals surface area contributed by atoms with Crippen molar-refractivity contribution in [1.29, 1.82) is 0 Å². The van der Waals surface area contributed by atoms with E-state index in [2.05, 4.69) is 105 Å². The summed E-state index contributed by atoms with van der Waals surface area (Å²) in [4.78, 5) is 15.2. The number of carbonyl (C=O) groups excluding carboxylic acids is 1. The molecule has 0 saturated heterocycles. The number of fused-ring (bicyclic) bond motifs is 1. The maximum Gasteiger partial charge on any atom is 0.415 e. The van der Waals surface area contributed by atoms with Crippen LogP contribution in [-0.4, -0.2) is 29.5 Å². The van der Waals surface area contributed by atoms with Gasteiger partial charge in [0, 0.05) is 10.8 Å². The number of phenols is 1. The Hall–Kier alpha value is -4.13. The van der Waals surface area contributed by atoms with E-state index >= 15 is 0 Å². The number of halogens is 2. The van der Waals surface area contributed by atoms with Gasteiger partial charge < -0.3 is 19.8 Å². The molecule has 222 valence electrons. The summed E-state index contributed by atoms with van der Waals surface area (Å²) in [5, 5.41) is 19.1. The zero-order chi connectivity index (χ0) is 30.5. The maximum atomic E-state index is 13.1. The lowest BCUT2D eigenvalue weighted by Gasteiger charge is -2.14. The first-order chi connectivity index (χ1) is 20.9. The molecule has 0 unspecified atom stereocenters. The van der Waals surface area contributed by atoms with Crippen LogP contribution in [0.1, 0.15) is 0 Å². The molecule has 0 bridgehead atoms. The second kappa shape index (κ2) is 15.9. The van der Waals surface area contributed by atoms with Gasteiger partial charge in [0.25, 0.3) is 0 Å². The van der Waals surface area contributed by atoms with Crippen LogP contribution in [0, 0.1) is 0 Å². The Balaban J connectivity index is 0.000000202. The minimum atomic E-state index is -4.09. The monoisotopic (exact) mass is 624 g/mol. The van der Waals surface area contributed by atoms with Gasteiger partial charge in [-0.2, -0.15) is 13.1 Å². The van der Waals surface area contributed by atoms with E-state index in [0.29, 0.717) is 16.5 Å². The van der Waals surface area contributed by atoms with Gasteiger partial charge in [-0.15, -0.1) is 0 Å². The number of rotatable bonds is 11. The Morgan fingerprint density at radius 3 is 1.77 bits per heavy atom. The molecular weight excluding hydrogens is 598 g/mol. The molecule has 0 aliphatic rings. The summed E-state index contributed by atoms with van der Waals surface area (Å²) in [5.74, 6) is -1.44. The van der Waals surface area contributed by atoms with E-state index in [1.807, 2.05) is 0 Å². The molecule has 0 heterocycles. The van der Waals surface area contributed by atoms with Gasteiger partial charge in [0.05, 0.1) is 10.9 Å². The molecule has 0 aromatic heterocycles. The molecule has 0 amide bonds. The summed E-state index contributed by atoms with van der Waals surface area (Å²) < 4.78 is 39.3. The van der Waals surface area contributed by atoms with Crippen LogP contribution in [0.2, 0.25) is 0 Å². The average Bonchev–Trinajstić information content (AvgIpc) is 3.04. The van der Waals surface area contributed by atoms with Gasteiger partial charge >= 0.3 is 11.2 Å². The van der Waals surface area contributed by atoms with Crippen molar-refractivity contribution in [2.45, 2.75) is 19.9 Å². The lowest BCUT2D eigenvalue weighted by atomic mass is 10.1. The van der Waals surface area contributed by atoms with Gasteiger partial charge in [0.15, 0.2) is 14.7 Å². The number of alkyl halides is 2. The Kier molecular flexibility index (Phi) is 11.8. The van der Waals surface area contributed by atoms with E-state index in [0.717, 1.165) is 0 Å². The molecule has 5 aromatic carbocycles. The standard InChI is InChI=1S/C18H15S.C14H12F2O7S/c1-4-10-16(11-5-1)19(17-12-6-2-7-13-17)18-14-8-3-9-15-18;15-14(16,24-23-22-19)13(18)21-8-7-20-12-6-2-3-9-10(12)4-1-5-11(9)17/h1-15H;1-6,17,19H,7-8H2/q+1;/p-1. The molecule has 1 N–H and O–H groups in total. The number of hydrogen-bond donors (Lipinski definition) is 1. The highest BCUT2D eigenvalue weighted by atomic mass is 32.2. The number of phenolic OH excluding ortho intramolecular Hbond substituents is 1. The minimum Gasteiger partial charge on any atom is -0.691 e. The number of benzene rings is 5. The second-order valence-corrected chi connectivity index (χ2v) is 11.4. The van der Waals surface area contributed by atoms with Crippen molar-refractivity contribution >= 4 is 39.7 Å². The van der Waals surface area contributed by atoms with Crippen LogP contribution in [0.15, 0.2) is 142 Å². The van der Waals surface area contributed by atoms with Crippen molar-refractivity contribution in [3.8, 4) is 11.5 Å². The number of ether oxygens (including phenoxy) is 2. The van der Waals surface area contributed by atoms with E-state index in [9.17, 15) is 23.9 Å². The van der Waals surface area contributed by atoms with Crippen LogP contribution in [0.5, 0.6) is 11.5 Å². The first-order valence-electron chi connectivity index (χ1n) is 12.8. The average molecular weight is 625 g/mol. The summed E-state index contributed by atoms with van der Waals surface area (Å²) in [6, 6.07) is 42.0. The van der Waals surface area contributed by atoms with Crippen molar-refractivity contribution in [2.24, 2.45) is 0 Å². The summed E-state index contributed by atoms with van der Waals surface area (Å²) in [6.45, 7) is -0.650. The summed E-state index contributed by atoms with van der Waals surface area (Å²) in [5.41, 5.74) is 0. The molecule has 0 radical (unpaired) electrons. The Bertz CT molecular complexity index is 1480. The van der Waals surface area contributed by atoms with E-state index < -0.39 is 29.9 Å². The Labute approximate surface area is 254 Å². The van der Waals surface area contributed by atoms with Crippen LogP contribution in [0.3, 0.4) is 0 Å². The third kappa shape index (κ3) is 8.93. The molecule has 0 spiro atoms. The molecule has 0 fully saturated rings. The molecular formula is C32H26F2O7S2. The Morgan fingerprint density at radius 2 is 1.23 bits per heavy atom. The first-order valence-corrected chi connectivity index (χ1v) is 14.8. The minimum absolute atomic E-state index is 0.0146. The zero-order valence-electron chi connectivity index (χ0n) is 22.5. The lowest BCUT2D eigenvalue weighted by Crippen LogP contribution is -2.29. The fraction of sp³-hybridized carbons (Fsp3) is 0.0938. The second-order valence-electron chi connectivity index (χ2n) is 8.59. The van der Waals surface area contributed by atoms with Crippen molar-refractivity contribution < 1.29 is 42.8 Å². The van der Waals surface area contributed by atoms with E-state index in [-0.39, 0.29) is 23.3 Å². The fourth-order valence-corrected chi connectivity index (χ4v) is 6.27. The fourth-order valence-electron chi connectivity index (χ4n) is 3.93. The third-order valence-electron chi connectivity index (χ3n) is 5.77. The molecule has 0 saturated carbocycles. The number of hydrogen-bond acceptors (Lipinski definition) is 8. The van der Waals surface area contributed by atoms with Gasteiger partial charge in [-0.3, -0.25) is 5.04 Å². The van der Waals surface area contributed by atoms with Gasteiger partial charge in [-0.1, -0.05) is 78.9 Å². The quantitative estimate of drug-likeness (QED) is 0.0433. The van der Waals surface area contributed by atoms with Crippen molar-refractivity contribution in [3.05, 3.63) is 127 Å². The summed E-state index contributed by atoms with van der Waals surface area (Å²) in [6.07, 6.45) is 0. The predicted octanol–water partition coefficient (Wildman–Crippen LogP) is 6.71. The van der Waals surface area contributed by atoms with Gasteiger partial charge in [-0.05, 0) is 48.5 Å². The SMILES string of the molecule is O=C(OCCOc1cccc2c(O)cccc12)C(F)(F)SOO[O-].c1ccc([S+](c2ccccc2)c2ccccc2)cc1. The van der Waals surface area contributed by atoms with Crippen LogP contribution >= 0.6 is 12.0 Å². The molecule has 43 heavy (non-hydrogen) atoms.